The fourth-order valence-electron chi connectivity index (χ4n) is 3.28. The first-order valence-electron chi connectivity index (χ1n) is 9.03. The molecule has 1 fully saturated rings. The van der Waals surface area contributed by atoms with Gasteiger partial charge in [-0.15, -0.1) is 0 Å². The molecule has 2 atom stereocenters. The molecule has 124 valence electrons. The van der Waals surface area contributed by atoms with Gasteiger partial charge in [0.1, 0.15) is 0 Å². The lowest BCUT2D eigenvalue weighted by molar-refractivity contribution is 0.231. The second kappa shape index (κ2) is 11.8. The highest BCUT2D eigenvalue weighted by molar-refractivity contribution is 5.72. The number of hydrogen-bond donors (Lipinski definition) is 3. The highest BCUT2D eigenvalue weighted by Gasteiger charge is 2.25. The maximum Gasteiger partial charge on any atom is 0.312 e. The van der Waals surface area contributed by atoms with Crippen LogP contribution in [0, 0.1) is 0 Å². The molecule has 2 unspecified atom stereocenters. The highest BCUT2D eigenvalue weighted by atomic mass is 16.2. The summed E-state index contributed by atoms with van der Waals surface area (Å²) in [6, 6.07) is 0.252. The zero-order valence-corrected chi connectivity index (χ0v) is 13.8. The molecule has 1 saturated carbocycles. The SMILES string of the molecule is CCCCCCCCCCNC1CCCCC1NC(N)=O. The predicted molar refractivity (Wildman–Crippen MR) is 89.4 cm³/mol. The standard InChI is InChI=1S/C17H35N3O/c1-2-3-4-5-6-7-8-11-14-19-15-12-9-10-13-16(15)20-17(18)21/h15-16,19H,2-14H2,1H3,(H3,18,20,21). The van der Waals surface area contributed by atoms with E-state index in [0.717, 1.165) is 19.4 Å². The van der Waals surface area contributed by atoms with Crippen LogP contribution in [0.2, 0.25) is 0 Å². The third kappa shape index (κ3) is 8.97. The minimum Gasteiger partial charge on any atom is -0.352 e. The third-order valence-electron chi connectivity index (χ3n) is 4.53. The summed E-state index contributed by atoms with van der Waals surface area (Å²) in [6.45, 7) is 3.33. The summed E-state index contributed by atoms with van der Waals surface area (Å²) < 4.78 is 0. The zero-order valence-electron chi connectivity index (χ0n) is 13.8. The van der Waals surface area contributed by atoms with Crippen molar-refractivity contribution in [3.8, 4) is 0 Å². The number of carbonyl (C=O) groups excluding carboxylic acids is 1. The molecule has 4 N–H and O–H groups in total. The predicted octanol–water partition coefficient (Wildman–Crippen LogP) is 3.70. The molecule has 1 rings (SSSR count). The fourth-order valence-corrected chi connectivity index (χ4v) is 3.28. The molecule has 0 bridgehead atoms. The molecule has 0 spiro atoms. The van der Waals surface area contributed by atoms with E-state index in [9.17, 15) is 4.79 Å². The van der Waals surface area contributed by atoms with Crippen molar-refractivity contribution in [2.75, 3.05) is 6.54 Å². The van der Waals surface area contributed by atoms with Gasteiger partial charge in [0.15, 0.2) is 0 Å². The molecular formula is C17H35N3O. The molecule has 4 nitrogen and oxygen atoms in total. The average Bonchev–Trinajstić information content (AvgIpc) is 2.46. The van der Waals surface area contributed by atoms with E-state index in [1.165, 1.54) is 64.2 Å². The summed E-state index contributed by atoms with van der Waals surface area (Å²) in [5.74, 6) is 0. The molecule has 0 aromatic carbocycles. The van der Waals surface area contributed by atoms with E-state index in [1.807, 2.05) is 0 Å². The molecule has 0 aromatic heterocycles. The Kier molecular flexibility index (Phi) is 10.3. The lowest BCUT2D eigenvalue weighted by Crippen LogP contribution is -2.53. The lowest BCUT2D eigenvalue weighted by atomic mass is 9.90. The van der Waals surface area contributed by atoms with Gasteiger partial charge in [-0.2, -0.15) is 0 Å². The monoisotopic (exact) mass is 297 g/mol. The molecule has 2 amide bonds. The Morgan fingerprint density at radius 2 is 1.52 bits per heavy atom. The molecule has 1 aliphatic carbocycles. The van der Waals surface area contributed by atoms with Crippen molar-refractivity contribution in [2.24, 2.45) is 5.73 Å². The van der Waals surface area contributed by atoms with Gasteiger partial charge in [0.05, 0.1) is 0 Å². The Hall–Kier alpha value is -0.770. The first kappa shape index (κ1) is 18.3. The Labute approximate surface area is 130 Å². The minimum absolute atomic E-state index is 0.227. The van der Waals surface area contributed by atoms with Crippen molar-refractivity contribution < 1.29 is 4.79 Å². The quantitative estimate of drug-likeness (QED) is 0.509. The van der Waals surface area contributed by atoms with Crippen molar-refractivity contribution >= 4 is 6.03 Å². The third-order valence-corrected chi connectivity index (χ3v) is 4.53. The summed E-state index contributed by atoms with van der Waals surface area (Å²) in [5.41, 5.74) is 5.25. The van der Waals surface area contributed by atoms with Crippen LogP contribution in [-0.2, 0) is 0 Å². The number of unbranched alkanes of at least 4 members (excludes halogenated alkanes) is 7. The molecule has 0 heterocycles. The largest absolute Gasteiger partial charge is 0.352 e. The van der Waals surface area contributed by atoms with Crippen LogP contribution in [0.5, 0.6) is 0 Å². The Bertz CT molecular complexity index is 271. The molecule has 1 aliphatic rings. The van der Waals surface area contributed by atoms with Gasteiger partial charge in [-0.1, -0.05) is 64.7 Å². The van der Waals surface area contributed by atoms with E-state index < -0.39 is 0 Å². The Morgan fingerprint density at radius 1 is 0.952 bits per heavy atom. The number of nitrogens with one attached hydrogen (secondary N) is 2. The van der Waals surface area contributed by atoms with Crippen LogP contribution >= 0.6 is 0 Å². The van der Waals surface area contributed by atoms with Gasteiger partial charge >= 0.3 is 6.03 Å². The number of rotatable bonds is 11. The van der Waals surface area contributed by atoms with E-state index >= 15 is 0 Å². The van der Waals surface area contributed by atoms with Crippen LogP contribution < -0.4 is 16.4 Å². The van der Waals surface area contributed by atoms with Crippen molar-refractivity contribution in [1.82, 2.24) is 10.6 Å². The van der Waals surface area contributed by atoms with Crippen molar-refractivity contribution in [3.05, 3.63) is 0 Å². The normalized spacial score (nSPS) is 22.1. The van der Waals surface area contributed by atoms with Gasteiger partial charge < -0.3 is 16.4 Å². The number of urea groups is 1. The van der Waals surface area contributed by atoms with Gasteiger partial charge in [0.2, 0.25) is 0 Å². The van der Waals surface area contributed by atoms with Crippen molar-refractivity contribution in [1.29, 1.82) is 0 Å². The van der Waals surface area contributed by atoms with Crippen LogP contribution in [0.3, 0.4) is 0 Å². The number of amides is 2. The highest BCUT2D eigenvalue weighted by Crippen LogP contribution is 2.18. The van der Waals surface area contributed by atoms with E-state index in [2.05, 4.69) is 17.6 Å². The van der Waals surface area contributed by atoms with E-state index in [0.29, 0.717) is 6.04 Å². The van der Waals surface area contributed by atoms with Crippen LogP contribution in [0.25, 0.3) is 0 Å². The second-order valence-corrected chi connectivity index (χ2v) is 6.44. The summed E-state index contributed by atoms with van der Waals surface area (Å²) in [6.07, 6.45) is 15.5. The summed E-state index contributed by atoms with van der Waals surface area (Å²) >= 11 is 0. The van der Waals surface area contributed by atoms with Crippen LogP contribution in [0.1, 0.15) is 84.0 Å². The molecular weight excluding hydrogens is 262 g/mol. The smallest absolute Gasteiger partial charge is 0.312 e. The van der Waals surface area contributed by atoms with Gasteiger partial charge in [0, 0.05) is 12.1 Å². The minimum atomic E-state index is -0.388. The van der Waals surface area contributed by atoms with Crippen molar-refractivity contribution in [3.63, 3.8) is 0 Å². The number of nitrogens with two attached hydrogens (primary N) is 1. The lowest BCUT2D eigenvalue weighted by Gasteiger charge is -2.32. The molecule has 0 saturated heterocycles. The van der Waals surface area contributed by atoms with Crippen LogP contribution in [0.4, 0.5) is 4.79 Å². The zero-order chi connectivity index (χ0) is 15.3. The first-order chi connectivity index (χ1) is 10.2. The Morgan fingerprint density at radius 3 is 2.14 bits per heavy atom. The summed E-state index contributed by atoms with van der Waals surface area (Å²) in [7, 11) is 0. The van der Waals surface area contributed by atoms with Crippen LogP contribution in [0.15, 0.2) is 0 Å². The molecule has 0 aromatic rings. The average molecular weight is 297 g/mol. The maximum absolute atomic E-state index is 11.0. The van der Waals surface area contributed by atoms with E-state index in [-0.39, 0.29) is 12.1 Å². The molecule has 0 radical (unpaired) electrons. The molecule has 0 aliphatic heterocycles. The fraction of sp³-hybridized carbons (Fsp3) is 0.941. The van der Waals surface area contributed by atoms with E-state index in [1.54, 1.807) is 0 Å². The van der Waals surface area contributed by atoms with Gasteiger partial charge in [0.25, 0.3) is 0 Å². The summed E-state index contributed by atoms with van der Waals surface area (Å²) in [5, 5.41) is 6.51. The topological polar surface area (TPSA) is 67.2 Å². The van der Waals surface area contributed by atoms with Gasteiger partial charge in [-0.3, -0.25) is 0 Å². The summed E-state index contributed by atoms with van der Waals surface area (Å²) in [4.78, 5) is 11.0. The van der Waals surface area contributed by atoms with Crippen molar-refractivity contribution in [2.45, 2.75) is 96.1 Å². The number of carbonyl (C=O) groups is 1. The van der Waals surface area contributed by atoms with E-state index in [4.69, 9.17) is 5.73 Å². The molecule has 4 heteroatoms. The first-order valence-corrected chi connectivity index (χ1v) is 9.03. The Balaban J connectivity index is 2.01. The molecule has 21 heavy (non-hydrogen) atoms. The number of hydrogen-bond acceptors (Lipinski definition) is 2. The van der Waals surface area contributed by atoms with Crippen LogP contribution in [-0.4, -0.2) is 24.7 Å². The van der Waals surface area contributed by atoms with Gasteiger partial charge in [-0.05, 0) is 25.8 Å². The van der Waals surface area contributed by atoms with Gasteiger partial charge in [-0.25, -0.2) is 4.79 Å². The maximum atomic E-state index is 11.0. The second-order valence-electron chi connectivity index (χ2n) is 6.44. The number of primary amides is 1.